The Morgan fingerprint density at radius 3 is 2.70 bits per heavy atom. The summed E-state index contributed by atoms with van der Waals surface area (Å²) in [5.74, 6) is 2.06. The second-order valence-corrected chi connectivity index (χ2v) is 9.47. The number of nitrogens with one attached hydrogen (secondary N) is 1. The van der Waals surface area contributed by atoms with Gasteiger partial charge in [-0.15, -0.1) is 11.8 Å². The molecule has 1 spiro atoms. The average molecular weight is 419 g/mol. The maximum atomic E-state index is 12.9. The number of hydrogen-bond donors (Lipinski definition) is 1. The molecule has 30 heavy (non-hydrogen) atoms. The maximum Gasteiger partial charge on any atom is 0.321 e. The molecule has 0 unspecified atom stereocenters. The molecule has 2 aliphatic rings. The van der Waals surface area contributed by atoms with Crippen LogP contribution in [0.3, 0.4) is 0 Å². The third-order valence-electron chi connectivity index (χ3n) is 6.35. The summed E-state index contributed by atoms with van der Waals surface area (Å²) < 4.78 is 0. The van der Waals surface area contributed by atoms with Crippen molar-refractivity contribution in [1.82, 2.24) is 9.88 Å². The van der Waals surface area contributed by atoms with Crippen molar-refractivity contribution in [3.8, 4) is 0 Å². The van der Waals surface area contributed by atoms with E-state index in [1.807, 2.05) is 66.0 Å². The van der Waals surface area contributed by atoms with Gasteiger partial charge in [0.1, 0.15) is 5.82 Å². The number of piperidine rings is 1. The van der Waals surface area contributed by atoms with Crippen molar-refractivity contribution < 1.29 is 4.79 Å². The minimum absolute atomic E-state index is 0.0130. The van der Waals surface area contributed by atoms with Gasteiger partial charge in [-0.05, 0) is 54.8 Å². The number of pyridine rings is 1. The van der Waals surface area contributed by atoms with E-state index in [0.717, 1.165) is 54.1 Å². The van der Waals surface area contributed by atoms with Crippen LogP contribution in [0, 0.1) is 0 Å². The van der Waals surface area contributed by atoms with E-state index in [1.54, 1.807) is 0 Å². The fourth-order valence-corrected chi connectivity index (χ4v) is 6.01. The number of fused-ring (bicyclic) bond motifs is 3. The van der Waals surface area contributed by atoms with Crippen LogP contribution in [0.2, 0.25) is 0 Å². The van der Waals surface area contributed by atoms with E-state index in [0.29, 0.717) is 0 Å². The molecule has 154 valence electrons. The zero-order chi connectivity index (χ0) is 20.7. The molecule has 0 atom stereocenters. The second kappa shape index (κ2) is 7.51. The van der Waals surface area contributed by atoms with Gasteiger partial charge in [-0.2, -0.15) is 0 Å². The molecule has 3 heterocycles. The lowest BCUT2D eigenvalue weighted by molar-refractivity contribution is 0.176. The Labute approximate surface area is 181 Å². The number of benzene rings is 2. The zero-order valence-electron chi connectivity index (χ0n) is 17.4. The molecule has 5 rings (SSSR count). The van der Waals surface area contributed by atoms with Crippen molar-refractivity contribution in [3.63, 3.8) is 0 Å². The van der Waals surface area contributed by atoms with Crippen LogP contribution in [-0.4, -0.2) is 48.9 Å². The predicted octanol–water partition coefficient (Wildman–Crippen LogP) is 4.97. The molecule has 1 fully saturated rings. The first kappa shape index (κ1) is 19.2. The monoisotopic (exact) mass is 418 g/mol. The highest BCUT2D eigenvalue weighted by molar-refractivity contribution is 7.99. The summed E-state index contributed by atoms with van der Waals surface area (Å²) in [6.07, 6.45) is 2.05. The van der Waals surface area contributed by atoms with Gasteiger partial charge in [0.15, 0.2) is 0 Å². The van der Waals surface area contributed by atoms with Crippen LogP contribution in [-0.2, 0) is 5.41 Å². The Bertz CT molecular complexity index is 1110. The van der Waals surface area contributed by atoms with Gasteiger partial charge in [0, 0.05) is 54.3 Å². The van der Waals surface area contributed by atoms with Crippen molar-refractivity contribution in [2.45, 2.75) is 23.2 Å². The van der Waals surface area contributed by atoms with Crippen LogP contribution >= 0.6 is 11.8 Å². The average Bonchev–Trinajstić information content (AvgIpc) is 3.12. The highest BCUT2D eigenvalue weighted by Crippen LogP contribution is 2.49. The smallest absolute Gasteiger partial charge is 0.321 e. The van der Waals surface area contributed by atoms with Gasteiger partial charge in [0.05, 0.1) is 5.52 Å². The molecule has 6 heteroatoms. The van der Waals surface area contributed by atoms with E-state index in [2.05, 4.69) is 34.6 Å². The van der Waals surface area contributed by atoms with Crippen LogP contribution in [0.4, 0.5) is 16.3 Å². The number of nitrogens with zero attached hydrogens (tertiary/aromatic N) is 3. The number of anilines is 2. The quantitative estimate of drug-likeness (QED) is 0.638. The number of carbonyl (C=O) groups excluding carboxylic acids is 1. The number of rotatable bonds is 2. The Kier molecular flexibility index (Phi) is 4.82. The standard InChI is InChI=1S/C24H26N4OS/c1-27(2)22-10-7-17-15-18(8-9-20(17)26-22)25-23(29)28-13-11-24(12-14-28)16-30-21-6-4-3-5-19(21)24/h3-10,15H,11-14,16H2,1-2H3,(H,25,29). The number of hydrogen-bond acceptors (Lipinski definition) is 4. The highest BCUT2D eigenvalue weighted by atomic mass is 32.2. The van der Waals surface area contributed by atoms with Gasteiger partial charge in [0.25, 0.3) is 0 Å². The Hall–Kier alpha value is -2.73. The molecule has 5 nitrogen and oxygen atoms in total. The van der Waals surface area contributed by atoms with Gasteiger partial charge in [0.2, 0.25) is 0 Å². The van der Waals surface area contributed by atoms with Crippen LogP contribution in [0.25, 0.3) is 10.9 Å². The lowest BCUT2D eigenvalue weighted by Crippen LogP contribution is -2.46. The maximum absolute atomic E-state index is 12.9. The Morgan fingerprint density at radius 2 is 1.90 bits per heavy atom. The first-order valence-electron chi connectivity index (χ1n) is 10.4. The summed E-state index contributed by atoms with van der Waals surface area (Å²) in [6, 6.07) is 18.7. The molecule has 2 aromatic carbocycles. The lowest BCUT2D eigenvalue weighted by atomic mass is 9.74. The second-order valence-electron chi connectivity index (χ2n) is 8.45. The first-order valence-corrected chi connectivity index (χ1v) is 11.4. The van der Waals surface area contributed by atoms with Gasteiger partial charge in [-0.25, -0.2) is 9.78 Å². The van der Waals surface area contributed by atoms with Crippen LogP contribution < -0.4 is 10.2 Å². The third kappa shape index (κ3) is 3.39. The number of urea groups is 1. The molecule has 0 aliphatic carbocycles. The highest BCUT2D eigenvalue weighted by Gasteiger charge is 2.42. The molecule has 0 saturated carbocycles. The molecule has 1 aromatic heterocycles. The summed E-state index contributed by atoms with van der Waals surface area (Å²) in [7, 11) is 3.96. The topological polar surface area (TPSA) is 48.5 Å². The van der Waals surface area contributed by atoms with Crippen LogP contribution in [0.5, 0.6) is 0 Å². The molecule has 2 aliphatic heterocycles. The summed E-state index contributed by atoms with van der Waals surface area (Å²) in [5.41, 5.74) is 3.45. The third-order valence-corrected chi connectivity index (χ3v) is 7.72. The molecule has 1 N–H and O–H groups in total. The van der Waals surface area contributed by atoms with E-state index >= 15 is 0 Å². The normalized spacial score (nSPS) is 17.2. The Morgan fingerprint density at radius 1 is 1.10 bits per heavy atom. The van der Waals surface area contributed by atoms with Gasteiger partial charge in [-0.3, -0.25) is 0 Å². The number of carbonyl (C=O) groups is 1. The summed E-state index contributed by atoms with van der Waals surface area (Å²) in [4.78, 5) is 22.9. The Balaban J connectivity index is 1.26. The van der Waals surface area contributed by atoms with Crippen molar-refractivity contribution in [3.05, 3.63) is 60.2 Å². The fourth-order valence-electron chi connectivity index (χ4n) is 4.52. The number of likely N-dealkylation sites (tertiary alicyclic amines) is 1. The predicted molar refractivity (Wildman–Crippen MR) is 125 cm³/mol. The minimum Gasteiger partial charge on any atom is -0.363 e. The minimum atomic E-state index is -0.0130. The molecule has 1 saturated heterocycles. The molecule has 2 amide bonds. The van der Waals surface area contributed by atoms with Crippen molar-refractivity contribution >= 4 is 40.2 Å². The number of aromatic nitrogens is 1. The summed E-state index contributed by atoms with van der Waals surface area (Å²) in [6.45, 7) is 1.59. The fraction of sp³-hybridized carbons (Fsp3) is 0.333. The van der Waals surface area contributed by atoms with Crippen LogP contribution in [0.1, 0.15) is 18.4 Å². The van der Waals surface area contributed by atoms with E-state index in [4.69, 9.17) is 0 Å². The van der Waals surface area contributed by atoms with Gasteiger partial charge in [-0.1, -0.05) is 18.2 Å². The lowest BCUT2D eigenvalue weighted by Gasteiger charge is -2.39. The molecule has 0 bridgehead atoms. The van der Waals surface area contributed by atoms with Gasteiger partial charge < -0.3 is 15.1 Å². The van der Waals surface area contributed by atoms with Crippen molar-refractivity contribution in [2.24, 2.45) is 0 Å². The van der Waals surface area contributed by atoms with Crippen LogP contribution in [0.15, 0.2) is 59.5 Å². The van der Waals surface area contributed by atoms with Gasteiger partial charge >= 0.3 is 6.03 Å². The van der Waals surface area contributed by atoms with Crippen molar-refractivity contribution in [1.29, 1.82) is 0 Å². The molecule has 0 radical (unpaired) electrons. The summed E-state index contributed by atoms with van der Waals surface area (Å²) >= 11 is 1.96. The number of amides is 2. The van der Waals surface area contributed by atoms with Crippen molar-refractivity contribution in [2.75, 3.05) is 43.2 Å². The molecular formula is C24H26N4OS. The van der Waals surface area contributed by atoms with E-state index < -0.39 is 0 Å². The SMILES string of the molecule is CN(C)c1ccc2cc(NC(=O)N3CCC4(CC3)CSc3ccccc34)ccc2n1. The summed E-state index contributed by atoms with van der Waals surface area (Å²) in [5, 5.41) is 4.11. The van der Waals surface area contributed by atoms with E-state index in [-0.39, 0.29) is 11.4 Å². The molecule has 3 aromatic rings. The first-order chi connectivity index (χ1) is 14.5. The van der Waals surface area contributed by atoms with E-state index in [9.17, 15) is 4.79 Å². The van der Waals surface area contributed by atoms with E-state index in [1.165, 1.54) is 10.5 Å². The zero-order valence-corrected chi connectivity index (χ0v) is 18.2. The largest absolute Gasteiger partial charge is 0.363 e. The molecular weight excluding hydrogens is 392 g/mol. The number of thioether (sulfide) groups is 1.